The fraction of sp³-hybridized carbons (Fsp3) is 0.467. The molecule has 1 aliphatic heterocycles. The molecule has 0 aliphatic carbocycles. The molecule has 3 rings (SSSR count). The third-order valence-corrected chi connectivity index (χ3v) is 4.18. The van der Waals surface area contributed by atoms with E-state index in [1.807, 2.05) is 18.5 Å². The molecule has 0 radical (unpaired) electrons. The van der Waals surface area contributed by atoms with Crippen LogP contribution < -0.4 is 4.90 Å². The first-order valence-corrected chi connectivity index (χ1v) is 7.80. The summed E-state index contributed by atoms with van der Waals surface area (Å²) in [6, 6.07) is 4.11. The van der Waals surface area contributed by atoms with Crippen molar-refractivity contribution in [1.29, 1.82) is 0 Å². The lowest BCUT2D eigenvalue weighted by Gasteiger charge is -2.40. The van der Waals surface area contributed by atoms with Gasteiger partial charge in [-0.05, 0) is 28.1 Å². The number of halogens is 1. The smallest absolute Gasteiger partial charge is 0.128 e. The molecule has 0 atom stereocenters. The summed E-state index contributed by atoms with van der Waals surface area (Å²) < 4.78 is 3.32. The summed E-state index contributed by atoms with van der Waals surface area (Å²) in [5.41, 5.74) is 0. The largest absolute Gasteiger partial charge is 0.356 e. The molecule has 3 heterocycles. The lowest BCUT2D eigenvalue weighted by Crippen LogP contribution is -2.49. The highest BCUT2D eigenvalue weighted by Crippen LogP contribution is 2.25. The highest BCUT2D eigenvalue weighted by atomic mass is 79.9. The second kappa shape index (κ2) is 5.56. The molecular formula is C15H19BrN4. The maximum atomic E-state index is 4.45. The van der Waals surface area contributed by atoms with Crippen LogP contribution in [0.25, 0.3) is 0 Å². The number of pyridine rings is 1. The topological polar surface area (TPSA) is 34.0 Å². The van der Waals surface area contributed by atoms with Crippen LogP contribution in [0, 0.1) is 5.92 Å². The van der Waals surface area contributed by atoms with Gasteiger partial charge in [0.25, 0.3) is 0 Å². The Balaban J connectivity index is 1.58. The Bertz CT molecular complexity index is 570. The van der Waals surface area contributed by atoms with E-state index in [1.54, 1.807) is 0 Å². The molecule has 4 nitrogen and oxygen atoms in total. The van der Waals surface area contributed by atoms with Crippen molar-refractivity contribution in [2.45, 2.75) is 26.3 Å². The summed E-state index contributed by atoms with van der Waals surface area (Å²) >= 11 is 3.42. The molecule has 0 unspecified atom stereocenters. The van der Waals surface area contributed by atoms with Gasteiger partial charge >= 0.3 is 0 Å². The number of hydrogen-bond acceptors (Lipinski definition) is 3. The van der Waals surface area contributed by atoms with E-state index in [0.29, 0.717) is 11.8 Å². The number of imidazole rings is 1. The van der Waals surface area contributed by atoms with Gasteiger partial charge in [-0.3, -0.25) is 0 Å². The maximum absolute atomic E-state index is 4.45. The van der Waals surface area contributed by atoms with E-state index in [4.69, 9.17) is 0 Å². The Morgan fingerprint density at radius 2 is 2.10 bits per heavy atom. The van der Waals surface area contributed by atoms with Gasteiger partial charge in [0.1, 0.15) is 11.6 Å². The van der Waals surface area contributed by atoms with E-state index in [1.165, 1.54) is 5.82 Å². The molecule has 0 saturated carbocycles. The van der Waals surface area contributed by atoms with E-state index < -0.39 is 0 Å². The zero-order chi connectivity index (χ0) is 14.1. The van der Waals surface area contributed by atoms with Crippen LogP contribution in [0.5, 0.6) is 0 Å². The fourth-order valence-corrected chi connectivity index (χ4v) is 2.92. The van der Waals surface area contributed by atoms with Crippen LogP contribution in [0.4, 0.5) is 5.82 Å². The lowest BCUT2D eigenvalue weighted by molar-refractivity contribution is 0.349. The van der Waals surface area contributed by atoms with Gasteiger partial charge in [0.2, 0.25) is 0 Å². The number of aromatic nitrogens is 3. The first kappa shape index (κ1) is 13.6. The summed E-state index contributed by atoms with van der Waals surface area (Å²) in [4.78, 5) is 11.2. The molecule has 1 saturated heterocycles. The van der Waals surface area contributed by atoms with Gasteiger partial charge in [0.05, 0.1) is 0 Å². The minimum absolute atomic E-state index is 0.481. The second-order valence-electron chi connectivity index (χ2n) is 5.70. The quantitative estimate of drug-likeness (QED) is 0.860. The van der Waals surface area contributed by atoms with Gasteiger partial charge in [-0.1, -0.05) is 13.8 Å². The van der Waals surface area contributed by atoms with Crippen LogP contribution in [0.15, 0.2) is 35.2 Å². The second-order valence-corrected chi connectivity index (χ2v) is 6.61. The zero-order valence-electron chi connectivity index (χ0n) is 11.8. The highest BCUT2D eigenvalue weighted by Gasteiger charge is 2.28. The van der Waals surface area contributed by atoms with Crippen molar-refractivity contribution in [3.8, 4) is 0 Å². The Hall–Kier alpha value is -1.36. The minimum atomic E-state index is 0.481. The van der Waals surface area contributed by atoms with Crippen molar-refractivity contribution in [3.63, 3.8) is 0 Å². The standard InChI is InChI=1S/C15H19BrN4/c1-11(2)15-17-5-6-19(15)8-12-9-20(10-12)14-4-3-13(16)7-18-14/h3-7,11-12H,8-10H2,1-2H3. The number of anilines is 1. The molecule has 0 bridgehead atoms. The monoisotopic (exact) mass is 334 g/mol. The van der Waals surface area contributed by atoms with Crippen LogP contribution in [0.3, 0.4) is 0 Å². The Kier molecular flexibility index (Phi) is 3.78. The third kappa shape index (κ3) is 2.73. The molecule has 106 valence electrons. The summed E-state index contributed by atoms with van der Waals surface area (Å²) in [6.45, 7) is 7.59. The Labute approximate surface area is 128 Å². The average Bonchev–Trinajstić information content (AvgIpc) is 2.83. The third-order valence-electron chi connectivity index (χ3n) is 3.71. The van der Waals surface area contributed by atoms with Crippen molar-refractivity contribution in [1.82, 2.24) is 14.5 Å². The van der Waals surface area contributed by atoms with Gasteiger partial charge in [0, 0.05) is 54.5 Å². The van der Waals surface area contributed by atoms with Crippen molar-refractivity contribution in [2.75, 3.05) is 18.0 Å². The molecule has 2 aromatic heterocycles. The fourth-order valence-electron chi connectivity index (χ4n) is 2.68. The first-order valence-electron chi connectivity index (χ1n) is 7.01. The maximum Gasteiger partial charge on any atom is 0.128 e. The van der Waals surface area contributed by atoms with Gasteiger partial charge in [-0.2, -0.15) is 0 Å². The number of rotatable bonds is 4. The Morgan fingerprint density at radius 1 is 1.30 bits per heavy atom. The normalized spacial score (nSPS) is 15.7. The van der Waals surface area contributed by atoms with Gasteiger partial charge in [-0.25, -0.2) is 9.97 Å². The molecule has 2 aromatic rings. The van der Waals surface area contributed by atoms with Crippen LogP contribution in [0.1, 0.15) is 25.6 Å². The van der Waals surface area contributed by atoms with E-state index in [0.717, 1.165) is 29.9 Å². The predicted octanol–water partition coefficient (Wildman–Crippen LogP) is 3.30. The molecule has 0 amide bonds. The van der Waals surface area contributed by atoms with Crippen LogP contribution >= 0.6 is 15.9 Å². The first-order chi connectivity index (χ1) is 9.63. The lowest BCUT2D eigenvalue weighted by atomic mass is 10.00. The van der Waals surface area contributed by atoms with E-state index in [-0.39, 0.29) is 0 Å². The summed E-state index contributed by atoms with van der Waals surface area (Å²) in [5, 5.41) is 0. The van der Waals surface area contributed by atoms with Crippen molar-refractivity contribution in [3.05, 3.63) is 41.0 Å². The summed E-state index contributed by atoms with van der Waals surface area (Å²) in [6.07, 6.45) is 5.85. The summed E-state index contributed by atoms with van der Waals surface area (Å²) in [7, 11) is 0. The van der Waals surface area contributed by atoms with Gasteiger partial charge in [-0.15, -0.1) is 0 Å². The molecule has 1 fully saturated rings. The highest BCUT2D eigenvalue weighted by molar-refractivity contribution is 9.10. The average molecular weight is 335 g/mol. The SMILES string of the molecule is CC(C)c1nccn1CC1CN(c2ccc(Br)cn2)C1. The van der Waals surface area contributed by atoms with Crippen LogP contribution in [-0.4, -0.2) is 27.6 Å². The Morgan fingerprint density at radius 3 is 2.75 bits per heavy atom. The molecule has 20 heavy (non-hydrogen) atoms. The molecule has 0 aromatic carbocycles. The van der Waals surface area contributed by atoms with E-state index >= 15 is 0 Å². The minimum Gasteiger partial charge on any atom is -0.356 e. The van der Waals surface area contributed by atoms with Gasteiger partial charge < -0.3 is 9.47 Å². The number of nitrogens with zero attached hydrogens (tertiary/aromatic N) is 4. The van der Waals surface area contributed by atoms with Crippen LogP contribution in [-0.2, 0) is 6.54 Å². The zero-order valence-corrected chi connectivity index (χ0v) is 13.4. The van der Waals surface area contributed by atoms with E-state index in [9.17, 15) is 0 Å². The molecule has 0 N–H and O–H groups in total. The van der Waals surface area contributed by atoms with Crippen molar-refractivity contribution >= 4 is 21.7 Å². The van der Waals surface area contributed by atoms with Crippen molar-refractivity contribution < 1.29 is 0 Å². The molecule has 1 aliphatic rings. The predicted molar refractivity (Wildman–Crippen MR) is 84.0 cm³/mol. The summed E-state index contributed by atoms with van der Waals surface area (Å²) in [5.74, 6) is 3.42. The van der Waals surface area contributed by atoms with Gasteiger partial charge in [0.15, 0.2) is 0 Å². The van der Waals surface area contributed by atoms with Crippen LogP contribution in [0.2, 0.25) is 0 Å². The van der Waals surface area contributed by atoms with Crippen molar-refractivity contribution in [2.24, 2.45) is 5.92 Å². The molecule has 5 heteroatoms. The molecular weight excluding hydrogens is 316 g/mol. The van der Waals surface area contributed by atoms with E-state index in [2.05, 4.69) is 61.5 Å². The molecule has 0 spiro atoms. The number of hydrogen-bond donors (Lipinski definition) is 0.